The van der Waals surface area contributed by atoms with Crippen LogP contribution in [0.2, 0.25) is 0 Å². The number of nitrogens with two attached hydrogens (primary N) is 1. The highest BCUT2D eigenvalue weighted by atomic mass is 35.5. The van der Waals surface area contributed by atoms with Crippen molar-refractivity contribution in [3.8, 4) is 5.75 Å². The van der Waals surface area contributed by atoms with E-state index in [-0.39, 0.29) is 30.0 Å². The van der Waals surface area contributed by atoms with Gasteiger partial charge in [-0.3, -0.25) is 4.79 Å². The molecule has 0 bridgehead atoms. The minimum absolute atomic E-state index is 0. The summed E-state index contributed by atoms with van der Waals surface area (Å²) in [5, 5.41) is 2.63. The SMILES string of the molecule is CCC(C)C(N)C(=O)Nc1ccc(OC(F)F)cc1.Cl. The van der Waals surface area contributed by atoms with Crippen molar-refractivity contribution in [1.29, 1.82) is 0 Å². The van der Waals surface area contributed by atoms with Crippen LogP contribution in [0, 0.1) is 5.92 Å². The van der Waals surface area contributed by atoms with Crippen molar-refractivity contribution in [2.45, 2.75) is 32.9 Å². The molecule has 0 fully saturated rings. The Balaban J connectivity index is 0.00000361. The van der Waals surface area contributed by atoms with E-state index in [2.05, 4.69) is 10.1 Å². The third-order valence-corrected chi connectivity index (χ3v) is 2.91. The quantitative estimate of drug-likeness (QED) is 0.849. The lowest BCUT2D eigenvalue weighted by Gasteiger charge is -2.17. The van der Waals surface area contributed by atoms with E-state index < -0.39 is 12.7 Å². The van der Waals surface area contributed by atoms with Crippen LogP contribution in [-0.4, -0.2) is 18.6 Å². The van der Waals surface area contributed by atoms with E-state index in [0.29, 0.717) is 5.69 Å². The van der Waals surface area contributed by atoms with Crippen molar-refractivity contribution < 1.29 is 18.3 Å². The lowest BCUT2D eigenvalue weighted by Crippen LogP contribution is -2.40. The number of halogens is 3. The van der Waals surface area contributed by atoms with Gasteiger partial charge in [0.1, 0.15) is 5.75 Å². The van der Waals surface area contributed by atoms with Crippen molar-refractivity contribution in [3.05, 3.63) is 24.3 Å². The molecule has 1 amide bonds. The maximum absolute atomic E-state index is 12.0. The molecular weight excluding hydrogens is 290 g/mol. The van der Waals surface area contributed by atoms with Crippen LogP contribution in [0.1, 0.15) is 20.3 Å². The largest absolute Gasteiger partial charge is 0.435 e. The minimum atomic E-state index is -2.86. The highest BCUT2D eigenvalue weighted by Gasteiger charge is 2.19. The van der Waals surface area contributed by atoms with Crippen LogP contribution >= 0.6 is 12.4 Å². The zero-order chi connectivity index (χ0) is 14.4. The Kier molecular flexibility index (Phi) is 8.10. The number of hydrogen-bond acceptors (Lipinski definition) is 3. The van der Waals surface area contributed by atoms with Gasteiger partial charge in [0.2, 0.25) is 5.91 Å². The molecule has 3 N–H and O–H groups in total. The number of alkyl halides is 2. The molecular formula is C13H19ClF2N2O2. The molecule has 2 unspecified atom stereocenters. The highest BCUT2D eigenvalue weighted by molar-refractivity contribution is 5.94. The van der Waals surface area contributed by atoms with Crippen LogP contribution in [0.25, 0.3) is 0 Å². The first-order valence-electron chi connectivity index (χ1n) is 6.05. The number of rotatable bonds is 6. The van der Waals surface area contributed by atoms with Crippen molar-refractivity contribution in [2.24, 2.45) is 11.7 Å². The number of hydrogen-bond donors (Lipinski definition) is 2. The van der Waals surface area contributed by atoms with Crippen molar-refractivity contribution in [3.63, 3.8) is 0 Å². The van der Waals surface area contributed by atoms with Crippen molar-refractivity contribution >= 4 is 24.0 Å². The first-order chi connectivity index (χ1) is 8.93. The smallest absolute Gasteiger partial charge is 0.387 e. The lowest BCUT2D eigenvalue weighted by atomic mass is 9.99. The summed E-state index contributed by atoms with van der Waals surface area (Å²) < 4.78 is 28.1. The van der Waals surface area contributed by atoms with Crippen LogP contribution in [0.5, 0.6) is 5.75 Å². The molecule has 7 heteroatoms. The fourth-order valence-electron chi connectivity index (χ4n) is 1.46. The van der Waals surface area contributed by atoms with Crippen LogP contribution < -0.4 is 15.8 Å². The number of amides is 1. The molecule has 1 aromatic rings. The third-order valence-electron chi connectivity index (χ3n) is 2.91. The van der Waals surface area contributed by atoms with E-state index in [9.17, 15) is 13.6 Å². The Morgan fingerprint density at radius 3 is 2.35 bits per heavy atom. The Bertz CT molecular complexity index is 415. The van der Waals surface area contributed by atoms with Gasteiger partial charge in [-0.1, -0.05) is 20.3 Å². The van der Waals surface area contributed by atoms with Crippen LogP contribution in [-0.2, 0) is 4.79 Å². The second kappa shape index (κ2) is 8.71. The maximum Gasteiger partial charge on any atom is 0.387 e. The van der Waals surface area contributed by atoms with Gasteiger partial charge in [-0.15, -0.1) is 12.4 Å². The molecule has 0 aliphatic carbocycles. The van der Waals surface area contributed by atoms with E-state index >= 15 is 0 Å². The number of ether oxygens (including phenoxy) is 1. The van der Waals surface area contributed by atoms with Gasteiger partial charge < -0.3 is 15.8 Å². The molecule has 1 aromatic carbocycles. The first kappa shape index (κ1) is 18.6. The molecule has 0 saturated carbocycles. The first-order valence-corrected chi connectivity index (χ1v) is 6.05. The molecule has 0 aliphatic heterocycles. The van der Waals surface area contributed by atoms with Gasteiger partial charge >= 0.3 is 6.61 Å². The number of carbonyl (C=O) groups excluding carboxylic acids is 1. The zero-order valence-electron chi connectivity index (χ0n) is 11.3. The Hall–Kier alpha value is -1.40. The third kappa shape index (κ3) is 5.71. The lowest BCUT2D eigenvalue weighted by molar-refractivity contribution is -0.118. The van der Waals surface area contributed by atoms with Gasteiger partial charge in [0.25, 0.3) is 0 Å². The Labute approximate surface area is 123 Å². The van der Waals surface area contributed by atoms with Crippen molar-refractivity contribution in [1.82, 2.24) is 0 Å². The van der Waals surface area contributed by atoms with Crippen LogP contribution in [0.15, 0.2) is 24.3 Å². The monoisotopic (exact) mass is 308 g/mol. The predicted octanol–water partition coefficient (Wildman–Crippen LogP) is 3.02. The average molecular weight is 309 g/mol. The molecule has 0 radical (unpaired) electrons. The van der Waals surface area contributed by atoms with E-state index in [4.69, 9.17) is 5.73 Å². The van der Waals surface area contributed by atoms with Gasteiger partial charge in [0, 0.05) is 5.69 Å². The standard InChI is InChI=1S/C13H18F2N2O2.ClH/c1-3-8(2)11(16)12(18)17-9-4-6-10(7-5-9)19-13(14)15;/h4-8,11,13H,3,16H2,1-2H3,(H,17,18);1H. The highest BCUT2D eigenvalue weighted by Crippen LogP contribution is 2.18. The van der Waals surface area contributed by atoms with Gasteiger partial charge in [-0.05, 0) is 30.2 Å². The zero-order valence-corrected chi connectivity index (χ0v) is 12.1. The van der Waals surface area contributed by atoms with E-state index in [1.165, 1.54) is 24.3 Å². The Morgan fingerprint density at radius 1 is 1.35 bits per heavy atom. The van der Waals surface area contributed by atoms with Crippen LogP contribution in [0.4, 0.5) is 14.5 Å². The van der Waals surface area contributed by atoms with Gasteiger partial charge in [0.05, 0.1) is 6.04 Å². The molecule has 20 heavy (non-hydrogen) atoms. The van der Waals surface area contributed by atoms with Gasteiger partial charge in [-0.2, -0.15) is 8.78 Å². The fourth-order valence-corrected chi connectivity index (χ4v) is 1.46. The average Bonchev–Trinajstić information content (AvgIpc) is 2.38. The molecule has 114 valence electrons. The van der Waals surface area contributed by atoms with Gasteiger partial charge in [-0.25, -0.2) is 0 Å². The molecule has 0 aromatic heterocycles. The summed E-state index contributed by atoms with van der Waals surface area (Å²) >= 11 is 0. The molecule has 2 atom stereocenters. The Morgan fingerprint density at radius 2 is 1.90 bits per heavy atom. The molecule has 0 spiro atoms. The summed E-state index contributed by atoms with van der Waals surface area (Å²) in [5.74, 6) is -0.183. The number of nitrogens with one attached hydrogen (secondary N) is 1. The summed E-state index contributed by atoms with van der Waals surface area (Å²) in [7, 11) is 0. The molecule has 0 aliphatic rings. The van der Waals surface area contributed by atoms with Crippen molar-refractivity contribution in [2.75, 3.05) is 5.32 Å². The second-order valence-corrected chi connectivity index (χ2v) is 4.30. The maximum atomic E-state index is 12.0. The number of carbonyl (C=O) groups is 1. The molecule has 4 nitrogen and oxygen atoms in total. The number of benzene rings is 1. The fraction of sp³-hybridized carbons (Fsp3) is 0.462. The summed E-state index contributed by atoms with van der Waals surface area (Å²) in [4.78, 5) is 11.8. The normalized spacial score (nSPS) is 13.3. The van der Waals surface area contributed by atoms with Crippen LogP contribution in [0.3, 0.4) is 0 Å². The summed E-state index contributed by atoms with van der Waals surface area (Å²) in [6.45, 7) is 0.984. The minimum Gasteiger partial charge on any atom is -0.435 e. The van der Waals surface area contributed by atoms with E-state index in [1.807, 2.05) is 13.8 Å². The predicted molar refractivity (Wildman–Crippen MR) is 76.4 cm³/mol. The summed E-state index contributed by atoms with van der Waals surface area (Å²) in [6.07, 6.45) is 0.801. The summed E-state index contributed by atoms with van der Waals surface area (Å²) in [5.41, 5.74) is 6.27. The molecule has 1 rings (SSSR count). The number of anilines is 1. The molecule has 0 heterocycles. The van der Waals surface area contributed by atoms with E-state index in [1.54, 1.807) is 0 Å². The topological polar surface area (TPSA) is 64.4 Å². The summed E-state index contributed by atoms with van der Waals surface area (Å²) in [6, 6.07) is 5.09. The molecule has 0 saturated heterocycles. The second-order valence-electron chi connectivity index (χ2n) is 4.30. The van der Waals surface area contributed by atoms with Gasteiger partial charge in [0.15, 0.2) is 0 Å². The van der Waals surface area contributed by atoms with E-state index in [0.717, 1.165) is 6.42 Å².